The Hall–Kier alpha value is -3.35. The molecule has 0 fully saturated rings. The summed E-state index contributed by atoms with van der Waals surface area (Å²) in [6.07, 6.45) is 1.77. The van der Waals surface area contributed by atoms with E-state index in [-0.39, 0.29) is 24.9 Å². The van der Waals surface area contributed by atoms with E-state index in [1.54, 1.807) is 4.90 Å². The lowest BCUT2D eigenvalue weighted by molar-refractivity contribution is -0.138. The lowest BCUT2D eigenvalue weighted by Gasteiger charge is -2.20. The van der Waals surface area contributed by atoms with Crippen LogP contribution in [0.5, 0.6) is 0 Å². The van der Waals surface area contributed by atoms with Gasteiger partial charge in [-0.1, -0.05) is 48.5 Å². The van der Waals surface area contributed by atoms with E-state index in [0.717, 1.165) is 0 Å². The van der Waals surface area contributed by atoms with Crippen LogP contribution in [0.15, 0.2) is 48.5 Å². The number of nitrogens with one attached hydrogen (secondary N) is 1. The first kappa shape index (κ1) is 24.3. The molecule has 3 rings (SSSR count). The zero-order valence-corrected chi connectivity index (χ0v) is 19.1. The second kappa shape index (κ2) is 12.0. The van der Waals surface area contributed by atoms with E-state index in [4.69, 9.17) is 9.84 Å². The Balaban J connectivity index is 1.36. The number of aliphatic carboxylic acids is 1. The van der Waals surface area contributed by atoms with Gasteiger partial charge in [0.1, 0.15) is 6.61 Å². The molecule has 2 amide bonds. The summed E-state index contributed by atoms with van der Waals surface area (Å²) in [5.74, 6) is -0.802. The first-order chi connectivity index (χ1) is 16.0. The Kier molecular flexibility index (Phi) is 8.87. The molecule has 1 aliphatic rings. The van der Waals surface area contributed by atoms with Crippen LogP contribution in [-0.4, -0.2) is 54.2 Å². The minimum Gasteiger partial charge on any atom is -0.481 e. The maximum absolute atomic E-state index is 12.3. The third-order valence-electron chi connectivity index (χ3n) is 5.98. The summed E-state index contributed by atoms with van der Waals surface area (Å²) < 4.78 is 5.51. The van der Waals surface area contributed by atoms with Crippen molar-refractivity contribution in [1.82, 2.24) is 10.2 Å². The number of carbonyl (C=O) groups excluding carboxylic acids is 2. The van der Waals surface area contributed by atoms with E-state index < -0.39 is 12.1 Å². The van der Waals surface area contributed by atoms with Crippen LogP contribution < -0.4 is 5.32 Å². The number of rotatable bonds is 12. The fourth-order valence-electron chi connectivity index (χ4n) is 4.28. The number of amides is 2. The minimum atomic E-state index is -0.849. The highest BCUT2D eigenvalue weighted by molar-refractivity contribution is 5.79. The lowest BCUT2D eigenvalue weighted by atomic mass is 9.98. The van der Waals surface area contributed by atoms with Gasteiger partial charge < -0.3 is 20.1 Å². The molecule has 7 heteroatoms. The average molecular weight is 453 g/mol. The summed E-state index contributed by atoms with van der Waals surface area (Å²) in [6.45, 7) is 3.63. The topological polar surface area (TPSA) is 95.9 Å². The van der Waals surface area contributed by atoms with E-state index in [1.165, 1.54) is 22.3 Å². The van der Waals surface area contributed by atoms with E-state index in [1.807, 2.05) is 31.2 Å². The molecule has 0 radical (unpaired) electrons. The normalized spacial score (nSPS) is 12.0. The molecule has 176 valence electrons. The second-order valence-corrected chi connectivity index (χ2v) is 8.18. The molecule has 0 unspecified atom stereocenters. The van der Waals surface area contributed by atoms with E-state index in [0.29, 0.717) is 45.3 Å². The molecule has 7 nitrogen and oxygen atoms in total. The van der Waals surface area contributed by atoms with Crippen LogP contribution in [0.3, 0.4) is 0 Å². The highest BCUT2D eigenvalue weighted by Gasteiger charge is 2.28. The summed E-state index contributed by atoms with van der Waals surface area (Å²) in [5, 5.41) is 11.5. The molecule has 0 bridgehead atoms. The highest BCUT2D eigenvalue weighted by Crippen LogP contribution is 2.44. The minimum absolute atomic E-state index is 0.0176. The molecule has 1 aliphatic carbocycles. The zero-order valence-electron chi connectivity index (χ0n) is 19.1. The third kappa shape index (κ3) is 6.57. The monoisotopic (exact) mass is 452 g/mol. The number of carboxylic acids is 1. The van der Waals surface area contributed by atoms with Crippen molar-refractivity contribution >= 4 is 18.0 Å². The summed E-state index contributed by atoms with van der Waals surface area (Å²) >= 11 is 0. The lowest BCUT2D eigenvalue weighted by Crippen LogP contribution is -2.32. The summed E-state index contributed by atoms with van der Waals surface area (Å²) in [7, 11) is 0. The molecular weight excluding hydrogens is 420 g/mol. The number of carboxylic acid groups (broad SMARTS) is 1. The summed E-state index contributed by atoms with van der Waals surface area (Å²) in [6, 6.07) is 16.4. The number of benzene rings is 2. The highest BCUT2D eigenvalue weighted by atomic mass is 16.5. The number of unbranched alkanes of at least 4 members (excludes halogenated alkanes) is 1. The van der Waals surface area contributed by atoms with Crippen molar-refractivity contribution in [3.05, 3.63) is 59.7 Å². The van der Waals surface area contributed by atoms with E-state index in [9.17, 15) is 14.4 Å². The molecule has 0 aromatic heterocycles. The quantitative estimate of drug-likeness (QED) is 0.465. The molecule has 0 saturated carbocycles. The van der Waals surface area contributed by atoms with Crippen molar-refractivity contribution in [2.45, 2.75) is 44.9 Å². The molecule has 2 N–H and O–H groups in total. The first-order valence-electron chi connectivity index (χ1n) is 11.6. The summed E-state index contributed by atoms with van der Waals surface area (Å²) in [5.41, 5.74) is 4.73. The van der Waals surface area contributed by atoms with Crippen LogP contribution in [0.2, 0.25) is 0 Å². The number of nitrogens with zero attached hydrogens (tertiary/aromatic N) is 1. The summed E-state index contributed by atoms with van der Waals surface area (Å²) in [4.78, 5) is 36.8. The van der Waals surface area contributed by atoms with Crippen LogP contribution in [0.1, 0.15) is 56.1 Å². The predicted molar refractivity (Wildman–Crippen MR) is 126 cm³/mol. The van der Waals surface area contributed by atoms with Crippen molar-refractivity contribution in [3.63, 3.8) is 0 Å². The van der Waals surface area contributed by atoms with Crippen molar-refractivity contribution in [2.24, 2.45) is 0 Å². The van der Waals surface area contributed by atoms with Crippen molar-refractivity contribution in [3.8, 4) is 11.1 Å². The van der Waals surface area contributed by atoms with Gasteiger partial charge in [0.2, 0.25) is 5.91 Å². The van der Waals surface area contributed by atoms with Gasteiger partial charge in [0, 0.05) is 38.4 Å². The standard InChI is InChI=1S/C26H32N2O5/c1-2-28(17-9-15-25(30)31)24(29)14-7-8-16-27-26(32)33-18-23-21-12-5-3-10-19(21)20-11-4-6-13-22(20)23/h3-6,10-13,23H,2,7-9,14-18H2,1H3,(H,27,32)(H,30,31). The molecule has 0 saturated heterocycles. The van der Waals surface area contributed by atoms with Gasteiger partial charge in [0.05, 0.1) is 0 Å². The molecule has 0 aliphatic heterocycles. The second-order valence-electron chi connectivity index (χ2n) is 8.18. The third-order valence-corrected chi connectivity index (χ3v) is 5.98. The number of ether oxygens (including phenoxy) is 1. The van der Waals surface area contributed by atoms with Gasteiger partial charge in [-0.05, 0) is 48.4 Å². The van der Waals surface area contributed by atoms with Gasteiger partial charge in [0.15, 0.2) is 0 Å². The number of carbonyl (C=O) groups is 3. The van der Waals surface area contributed by atoms with Crippen molar-refractivity contribution in [2.75, 3.05) is 26.2 Å². The Morgan fingerprint density at radius 1 is 0.939 bits per heavy atom. The van der Waals surface area contributed by atoms with Crippen molar-refractivity contribution in [1.29, 1.82) is 0 Å². The van der Waals surface area contributed by atoms with Crippen LogP contribution in [-0.2, 0) is 14.3 Å². The number of hydrogen-bond donors (Lipinski definition) is 2. The predicted octanol–water partition coefficient (Wildman–Crippen LogP) is 4.41. The Morgan fingerprint density at radius 3 is 2.18 bits per heavy atom. The fourth-order valence-corrected chi connectivity index (χ4v) is 4.28. The number of hydrogen-bond acceptors (Lipinski definition) is 4. The molecule has 0 spiro atoms. The molecule has 2 aromatic rings. The van der Waals surface area contributed by atoms with Crippen LogP contribution in [0, 0.1) is 0 Å². The smallest absolute Gasteiger partial charge is 0.407 e. The molecular formula is C26H32N2O5. The average Bonchev–Trinajstić information content (AvgIpc) is 3.13. The van der Waals surface area contributed by atoms with Gasteiger partial charge >= 0.3 is 12.1 Å². The van der Waals surface area contributed by atoms with Gasteiger partial charge in [-0.2, -0.15) is 0 Å². The van der Waals surface area contributed by atoms with Gasteiger partial charge in [-0.15, -0.1) is 0 Å². The number of alkyl carbamates (subject to hydrolysis) is 1. The maximum Gasteiger partial charge on any atom is 0.407 e. The van der Waals surface area contributed by atoms with Gasteiger partial charge in [-0.3, -0.25) is 9.59 Å². The Bertz CT molecular complexity index is 929. The van der Waals surface area contributed by atoms with Gasteiger partial charge in [-0.25, -0.2) is 4.79 Å². The van der Waals surface area contributed by atoms with E-state index >= 15 is 0 Å². The van der Waals surface area contributed by atoms with Gasteiger partial charge in [0.25, 0.3) is 0 Å². The number of fused-ring (bicyclic) bond motifs is 3. The van der Waals surface area contributed by atoms with Crippen LogP contribution in [0.25, 0.3) is 11.1 Å². The SMILES string of the molecule is CCN(CCCC(=O)O)C(=O)CCCCNC(=O)OCC1c2ccccc2-c2ccccc21. The molecule has 0 heterocycles. The van der Waals surface area contributed by atoms with Crippen LogP contribution >= 0.6 is 0 Å². The maximum atomic E-state index is 12.3. The Labute approximate surface area is 194 Å². The Morgan fingerprint density at radius 2 is 1.58 bits per heavy atom. The molecule has 2 aromatic carbocycles. The van der Waals surface area contributed by atoms with E-state index in [2.05, 4.69) is 29.6 Å². The van der Waals surface area contributed by atoms with Crippen molar-refractivity contribution < 1.29 is 24.2 Å². The first-order valence-corrected chi connectivity index (χ1v) is 11.6. The van der Waals surface area contributed by atoms with Crippen LogP contribution in [0.4, 0.5) is 4.79 Å². The molecule has 33 heavy (non-hydrogen) atoms. The molecule has 0 atom stereocenters. The fraction of sp³-hybridized carbons (Fsp3) is 0.423. The largest absolute Gasteiger partial charge is 0.481 e. The zero-order chi connectivity index (χ0) is 23.6.